The summed E-state index contributed by atoms with van der Waals surface area (Å²) in [6.07, 6.45) is 0. The third-order valence-electron chi connectivity index (χ3n) is 3.12. The molecule has 1 aromatic carbocycles. The minimum atomic E-state index is -0.446. The van der Waals surface area contributed by atoms with Crippen molar-refractivity contribution in [1.29, 1.82) is 0 Å². The van der Waals surface area contributed by atoms with Gasteiger partial charge in [-0.25, -0.2) is 0 Å². The summed E-state index contributed by atoms with van der Waals surface area (Å²) in [6.45, 7) is 1.96. The van der Waals surface area contributed by atoms with Gasteiger partial charge in [0.2, 0.25) is 0 Å². The molecule has 3 aromatic rings. The second-order valence-corrected chi connectivity index (χ2v) is 6.31. The van der Waals surface area contributed by atoms with E-state index in [9.17, 15) is 14.9 Å². The fourth-order valence-corrected chi connectivity index (χ4v) is 3.96. The Bertz CT molecular complexity index is 912. The van der Waals surface area contributed by atoms with Crippen molar-refractivity contribution in [1.82, 2.24) is 4.57 Å². The fraction of sp³-hybridized carbons (Fsp3) is 0.0714. The molecule has 0 aliphatic rings. The van der Waals surface area contributed by atoms with Crippen molar-refractivity contribution in [2.24, 2.45) is 0 Å². The van der Waals surface area contributed by atoms with Gasteiger partial charge in [0.1, 0.15) is 9.30 Å². The molecule has 0 amide bonds. The predicted octanol–water partition coefficient (Wildman–Crippen LogP) is 4.03. The number of hydrogen-bond donors (Lipinski definition) is 0. The molecule has 0 N–H and O–H groups in total. The maximum Gasteiger partial charge on any atom is 0.340 e. The number of nitro groups is 1. The molecule has 0 spiro atoms. The summed E-state index contributed by atoms with van der Waals surface area (Å²) in [5.41, 5.74) is 1.56. The van der Waals surface area contributed by atoms with Crippen molar-refractivity contribution < 1.29 is 4.92 Å². The molecule has 21 heavy (non-hydrogen) atoms. The summed E-state index contributed by atoms with van der Waals surface area (Å²) >= 11 is 4.24. The van der Waals surface area contributed by atoms with E-state index in [1.54, 1.807) is 6.07 Å². The van der Waals surface area contributed by atoms with Gasteiger partial charge in [-0.05, 0) is 52.4 Å². The highest BCUT2D eigenvalue weighted by atomic mass is 79.9. The molecule has 3 rings (SSSR count). The van der Waals surface area contributed by atoms with Gasteiger partial charge in [0.15, 0.2) is 0 Å². The average molecular weight is 365 g/mol. The van der Waals surface area contributed by atoms with E-state index in [0.717, 1.165) is 16.9 Å². The third-order valence-corrected chi connectivity index (χ3v) is 5.33. The number of hydrogen-bond acceptors (Lipinski definition) is 4. The van der Waals surface area contributed by atoms with Crippen molar-refractivity contribution in [2.75, 3.05) is 0 Å². The number of aromatic nitrogens is 1. The van der Waals surface area contributed by atoms with Gasteiger partial charge >= 0.3 is 5.00 Å². The highest BCUT2D eigenvalue weighted by molar-refractivity contribution is 9.10. The zero-order valence-electron chi connectivity index (χ0n) is 10.9. The standard InChI is InChI=1S/C14H9BrN2O3S/c1-8-2-4-9(5-3-8)16-11(18)7-6-10-12(15)14(17(19)20)21-13(10)16/h2-7H,1H3. The Morgan fingerprint density at radius 3 is 2.48 bits per heavy atom. The molecule has 2 aromatic heterocycles. The van der Waals surface area contributed by atoms with Crippen LogP contribution >= 0.6 is 27.3 Å². The van der Waals surface area contributed by atoms with Gasteiger partial charge in [-0.3, -0.25) is 19.5 Å². The Kier molecular flexibility index (Phi) is 3.38. The van der Waals surface area contributed by atoms with E-state index in [1.807, 2.05) is 31.2 Å². The van der Waals surface area contributed by atoms with Crippen LogP contribution in [0, 0.1) is 17.0 Å². The molecular formula is C14H9BrN2O3S. The van der Waals surface area contributed by atoms with Crippen LogP contribution in [0.3, 0.4) is 0 Å². The van der Waals surface area contributed by atoms with Gasteiger partial charge in [0.05, 0.1) is 10.6 Å². The molecule has 0 saturated carbocycles. The monoisotopic (exact) mass is 364 g/mol. The van der Waals surface area contributed by atoms with E-state index in [1.165, 1.54) is 10.6 Å². The smallest absolute Gasteiger partial charge is 0.269 e. The predicted molar refractivity (Wildman–Crippen MR) is 86.5 cm³/mol. The van der Waals surface area contributed by atoms with Gasteiger partial charge in [0, 0.05) is 11.5 Å². The summed E-state index contributed by atoms with van der Waals surface area (Å²) < 4.78 is 1.91. The first kappa shape index (κ1) is 14.0. The van der Waals surface area contributed by atoms with Crippen LogP contribution in [0.25, 0.3) is 15.9 Å². The molecule has 2 heterocycles. The lowest BCUT2D eigenvalue weighted by atomic mass is 10.2. The largest absolute Gasteiger partial charge is 0.340 e. The van der Waals surface area contributed by atoms with E-state index >= 15 is 0 Å². The van der Waals surface area contributed by atoms with Gasteiger partial charge in [-0.1, -0.05) is 17.7 Å². The molecular weight excluding hydrogens is 356 g/mol. The number of aryl methyl sites for hydroxylation is 1. The Labute approximate surface area is 131 Å². The fourth-order valence-electron chi connectivity index (χ4n) is 2.10. The molecule has 0 fully saturated rings. The number of rotatable bonds is 2. The summed E-state index contributed by atoms with van der Waals surface area (Å²) in [5, 5.41) is 11.7. The quantitative estimate of drug-likeness (QED) is 0.509. The Morgan fingerprint density at radius 1 is 1.19 bits per heavy atom. The lowest BCUT2D eigenvalue weighted by molar-refractivity contribution is -0.380. The van der Waals surface area contributed by atoms with E-state index in [2.05, 4.69) is 15.9 Å². The normalized spacial score (nSPS) is 11.0. The topological polar surface area (TPSA) is 65.1 Å². The van der Waals surface area contributed by atoms with E-state index < -0.39 is 4.92 Å². The van der Waals surface area contributed by atoms with Crippen LogP contribution < -0.4 is 5.56 Å². The van der Waals surface area contributed by atoms with E-state index in [4.69, 9.17) is 0 Å². The molecule has 0 radical (unpaired) electrons. The van der Waals surface area contributed by atoms with Crippen molar-refractivity contribution in [3.8, 4) is 5.69 Å². The van der Waals surface area contributed by atoms with E-state index in [-0.39, 0.29) is 10.6 Å². The van der Waals surface area contributed by atoms with Crippen LogP contribution in [-0.4, -0.2) is 9.49 Å². The summed E-state index contributed by atoms with van der Waals surface area (Å²) in [5.74, 6) is 0. The molecule has 0 saturated heterocycles. The zero-order valence-corrected chi connectivity index (χ0v) is 13.3. The molecule has 7 heteroatoms. The number of nitrogens with zero attached hydrogens (tertiary/aromatic N) is 2. The molecule has 0 atom stereocenters. The van der Waals surface area contributed by atoms with Crippen LogP contribution in [-0.2, 0) is 0 Å². The van der Waals surface area contributed by atoms with Crippen molar-refractivity contribution in [2.45, 2.75) is 6.92 Å². The van der Waals surface area contributed by atoms with Crippen molar-refractivity contribution >= 4 is 42.5 Å². The molecule has 0 aliphatic carbocycles. The second-order valence-electron chi connectivity index (χ2n) is 4.54. The molecule has 0 aliphatic heterocycles. The van der Waals surface area contributed by atoms with Crippen LogP contribution in [0.4, 0.5) is 5.00 Å². The minimum Gasteiger partial charge on any atom is -0.269 e. The zero-order chi connectivity index (χ0) is 15.1. The summed E-state index contributed by atoms with van der Waals surface area (Å²) in [6, 6.07) is 10.5. The van der Waals surface area contributed by atoms with Crippen LogP contribution in [0.1, 0.15) is 5.56 Å². The maximum atomic E-state index is 12.2. The van der Waals surface area contributed by atoms with Gasteiger partial charge < -0.3 is 0 Å². The Morgan fingerprint density at radius 2 is 1.86 bits per heavy atom. The van der Waals surface area contributed by atoms with Crippen LogP contribution in [0.2, 0.25) is 0 Å². The van der Waals surface area contributed by atoms with Crippen LogP contribution in [0.5, 0.6) is 0 Å². The lowest BCUT2D eigenvalue weighted by Crippen LogP contribution is -2.16. The highest BCUT2D eigenvalue weighted by Crippen LogP contribution is 2.40. The number of pyridine rings is 1. The minimum absolute atomic E-state index is 0.00328. The van der Waals surface area contributed by atoms with Crippen molar-refractivity contribution in [3.05, 3.63) is 66.9 Å². The molecule has 0 bridgehead atoms. The first-order chi connectivity index (χ1) is 9.99. The van der Waals surface area contributed by atoms with Crippen LogP contribution in [0.15, 0.2) is 45.7 Å². The second kappa shape index (κ2) is 5.09. The SMILES string of the molecule is Cc1ccc(-n2c(=O)ccc3c(Br)c([N+](=O)[O-])sc32)cc1. The number of thiophene rings is 1. The average Bonchev–Trinajstić information content (AvgIpc) is 2.78. The number of halogens is 1. The van der Waals surface area contributed by atoms with Crippen molar-refractivity contribution in [3.63, 3.8) is 0 Å². The molecule has 5 nitrogen and oxygen atoms in total. The number of fused-ring (bicyclic) bond motifs is 1. The Hall–Kier alpha value is -1.99. The first-order valence-corrected chi connectivity index (χ1v) is 7.65. The third kappa shape index (κ3) is 2.28. The number of benzene rings is 1. The maximum absolute atomic E-state index is 12.2. The Balaban J connectivity index is 2.39. The van der Waals surface area contributed by atoms with E-state index in [0.29, 0.717) is 20.4 Å². The summed E-state index contributed by atoms with van der Waals surface area (Å²) in [4.78, 5) is 23.4. The van der Waals surface area contributed by atoms with Gasteiger partial charge in [0.25, 0.3) is 5.56 Å². The molecule has 106 valence electrons. The first-order valence-electron chi connectivity index (χ1n) is 6.04. The van der Waals surface area contributed by atoms with Gasteiger partial charge in [-0.2, -0.15) is 0 Å². The summed E-state index contributed by atoms with van der Waals surface area (Å²) in [7, 11) is 0. The lowest BCUT2D eigenvalue weighted by Gasteiger charge is -2.07. The molecule has 0 unspecified atom stereocenters. The van der Waals surface area contributed by atoms with Gasteiger partial charge in [-0.15, -0.1) is 0 Å². The highest BCUT2D eigenvalue weighted by Gasteiger charge is 2.22.